The average molecular weight is 414 g/mol. The van der Waals surface area contributed by atoms with Crippen LogP contribution in [-0.2, 0) is 0 Å². The molecule has 1 saturated carbocycles. The van der Waals surface area contributed by atoms with Crippen molar-refractivity contribution >= 4 is 23.2 Å². The summed E-state index contributed by atoms with van der Waals surface area (Å²) in [4.78, 5) is 0. The van der Waals surface area contributed by atoms with E-state index in [1.165, 1.54) is 60.6 Å². The molecule has 0 aromatic heterocycles. The van der Waals surface area contributed by atoms with Crippen LogP contribution in [0.3, 0.4) is 0 Å². The first-order chi connectivity index (χ1) is 14.8. The van der Waals surface area contributed by atoms with Gasteiger partial charge in [-0.25, -0.2) is 0 Å². The predicted octanol–water partition coefficient (Wildman–Crippen LogP) is 6.90. The summed E-state index contributed by atoms with van der Waals surface area (Å²) in [6.45, 7) is 2.26. The van der Waals surface area contributed by atoms with Crippen LogP contribution in [0.4, 0.5) is 0 Å². The van der Waals surface area contributed by atoms with Gasteiger partial charge in [-0.05, 0) is 80.8 Å². The van der Waals surface area contributed by atoms with Crippen LogP contribution in [0.5, 0.6) is 0 Å². The Labute approximate surface area is 183 Å². The van der Waals surface area contributed by atoms with Crippen molar-refractivity contribution in [2.24, 2.45) is 5.92 Å². The lowest BCUT2D eigenvalue weighted by atomic mass is 9.84. The van der Waals surface area contributed by atoms with Gasteiger partial charge in [0.15, 0.2) is 0 Å². The number of rotatable bonds is 7. The zero-order chi connectivity index (χ0) is 20.7. The Bertz CT molecular complexity index is 821. The Morgan fingerprint density at radius 3 is 1.53 bits per heavy atom. The number of allylic oxidation sites excluding steroid dienone is 2. The Balaban J connectivity index is 1.70. The molecule has 0 aliphatic heterocycles. The molecule has 0 nitrogen and oxygen atoms in total. The van der Waals surface area contributed by atoms with E-state index in [1.807, 2.05) is 0 Å². The lowest BCUT2D eigenvalue weighted by Crippen LogP contribution is -2.34. The van der Waals surface area contributed by atoms with E-state index in [9.17, 15) is 0 Å². The molecule has 0 N–H and O–H groups in total. The minimum atomic E-state index is -1.66. The molecule has 0 atom stereocenters. The van der Waals surface area contributed by atoms with Gasteiger partial charge in [-0.3, -0.25) is 0 Å². The molecular formula is C29H34P+. The Morgan fingerprint density at radius 1 is 0.700 bits per heavy atom. The molecule has 0 saturated heterocycles. The molecule has 0 radical (unpaired) electrons. The average Bonchev–Trinajstić information content (AvgIpc) is 2.83. The monoisotopic (exact) mass is 413 g/mol. The second-order valence-corrected chi connectivity index (χ2v) is 12.2. The molecule has 30 heavy (non-hydrogen) atoms. The molecule has 3 aromatic carbocycles. The third kappa shape index (κ3) is 4.60. The van der Waals surface area contributed by atoms with Gasteiger partial charge in [-0.1, -0.05) is 73.2 Å². The zero-order valence-electron chi connectivity index (χ0n) is 18.2. The maximum atomic E-state index is 2.46. The van der Waals surface area contributed by atoms with E-state index in [1.54, 1.807) is 5.57 Å². The van der Waals surface area contributed by atoms with Crippen LogP contribution in [0.1, 0.15) is 45.4 Å². The SMILES string of the molecule is CCC=C1CCC(CC[P+](c2ccccc2)(c2ccccc2)c2ccccc2)CC1. The molecule has 0 amide bonds. The van der Waals surface area contributed by atoms with E-state index in [-0.39, 0.29) is 0 Å². The maximum Gasteiger partial charge on any atom is 0.112 e. The minimum Gasteiger partial charge on any atom is -0.0856 e. The fraction of sp³-hybridized carbons (Fsp3) is 0.310. The maximum absolute atomic E-state index is 2.46. The van der Waals surface area contributed by atoms with Crippen molar-refractivity contribution in [3.05, 3.63) is 103 Å². The predicted molar refractivity (Wildman–Crippen MR) is 135 cm³/mol. The summed E-state index contributed by atoms with van der Waals surface area (Å²) in [7, 11) is -1.66. The summed E-state index contributed by atoms with van der Waals surface area (Å²) in [5.74, 6) is 0.856. The van der Waals surface area contributed by atoms with Gasteiger partial charge >= 0.3 is 0 Å². The Kier molecular flexibility index (Phi) is 7.19. The highest BCUT2D eigenvalue weighted by molar-refractivity contribution is 7.95. The van der Waals surface area contributed by atoms with Gasteiger partial charge in [0.1, 0.15) is 23.2 Å². The third-order valence-electron chi connectivity index (χ3n) is 6.70. The molecule has 4 rings (SSSR count). The van der Waals surface area contributed by atoms with E-state index in [0.29, 0.717) is 0 Å². The first kappa shape index (κ1) is 21.1. The van der Waals surface area contributed by atoms with Crippen LogP contribution in [0.25, 0.3) is 0 Å². The second-order valence-electron chi connectivity index (χ2n) is 8.54. The van der Waals surface area contributed by atoms with Crippen molar-refractivity contribution in [2.45, 2.75) is 45.4 Å². The number of benzene rings is 3. The summed E-state index contributed by atoms with van der Waals surface area (Å²) in [6.07, 6.45) is 11.6. The van der Waals surface area contributed by atoms with E-state index in [2.05, 4.69) is 104 Å². The molecule has 1 aliphatic carbocycles. The van der Waals surface area contributed by atoms with Crippen molar-refractivity contribution in [2.75, 3.05) is 6.16 Å². The number of hydrogen-bond acceptors (Lipinski definition) is 0. The van der Waals surface area contributed by atoms with Gasteiger partial charge in [0, 0.05) is 0 Å². The Hall–Kier alpha value is -2.17. The topological polar surface area (TPSA) is 0 Å². The molecule has 154 valence electrons. The summed E-state index contributed by atoms with van der Waals surface area (Å²) < 4.78 is 0. The van der Waals surface area contributed by atoms with E-state index in [4.69, 9.17) is 0 Å². The molecule has 1 fully saturated rings. The Morgan fingerprint density at radius 2 is 1.13 bits per heavy atom. The first-order valence-electron chi connectivity index (χ1n) is 11.6. The smallest absolute Gasteiger partial charge is 0.0856 e. The third-order valence-corrected chi connectivity index (χ3v) is 11.2. The van der Waals surface area contributed by atoms with Gasteiger partial charge in [-0.15, -0.1) is 0 Å². The zero-order valence-corrected chi connectivity index (χ0v) is 19.1. The molecule has 0 bridgehead atoms. The normalized spacial score (nSPS) is 17.0. The summed E-state index contributed by atoms with van der Waals surface area (Å²) in [5.41, 5.74) is 1.70. The highest BCUT2D eigenvalue weighted by atomic mass is 31.2. The quantitative estimate of drug-likeness (QED) is 0.292. The standard InChI is InChI=1S/C29H34P/c1-2-12-25-19-21-26(22-20-25)23-24-30(27-13-6-3-7-14-27,28-15-8-4-9-16-28)29-17-10-5-11-18-29/h3-18,26H,2,19-24H2,1H3/q+1. The second kappa shape index (κ2) is 10.2. The van der Waals surface area contributed by atoms with Gasteiger partial charge in [0.05, 0.1) is 6.16 Å². The molecule has 1 aliphatic rings. The van der Waals surface area contributed by atoms with Crippen molar-refractivity contribution in [1.82, 2.24) is 0 Å². The molecule has 1 heteroatoms. The van der Waals surface area contributed by atoms with Crippen LogP contribution >= 0.6 is 7.26 Å². The van der Waals surface area contributed by atoms with Gasteiger partial charge < -0.3 is 0 Å². The highest BCUT2D eigenvalue weighted by Gasteiger charge is 2.45. The number of hydrogen-bond donors (Lipinski definition) is 0. The van der Waals surface area contributed by atoms with Crippen LogP contribution in [0.15, 0.2) is 103 Å². The largest absolute Gasteiger partial charge is 0.112 e. The van der Waals surface area contributed by atoms with Gasteiger partial charge in [0.2, 0.25) is 0 Å². The highest BCUT2D eigenvalue weighted by Crippen LogP contribution is 2.56. The van der Waals surface area contributed by atoms with E-state index < -0.39 is 7.26 Å². The summed E-state index contributed by atoms with van der Waals surface area (Å²) in [6, 6.07) is 34.0. The van der Waals surface area contributed by atoms with Gasteiger partial charge in [-0.2, -0.15) is 0 Å². The van der Waals surface area contributed by atoms with Crippen molar-refractivity contribution in [3.8, 4) is 0 Å². The fourth-order valence-corrected chi connectivity index (χ4v) is 9.55. The van der Waals surface area contributed by atoms with E-state index >= 15 is 0 Å². The molecule has 0 heterocycles. The summed E-state index contributed by atoms with van der Waals surface area (Å²) >= 11 is 0. The molecular weight excluding hydrogens is 379 g/mol. The summed E-state index contributed by atoms with van der Waals surface area (Å²) in [5, 5.41) is 4.55. The minimum absolute atomic E-state index is 0.856. The lowest BCUT2D eigenvalue weighted by Gasteiger charge is -2.30. The van der Waals surface area contributed by atoms with Crippen LogP contribution in [0.2, 0.25) is 0 Å². The van der Waals surface area contributed by atoms with Crippen molar-refractivity contribution in [1.29, 1.82) is 0 Å². The van der Waals surface area contributed by atoms with E-state index in [0.717, 1.165) is 5.92 Å². The van der Waals surface area contributed by atoms with Crippen LogP contribution in [-0.4, -0.2) is 6.16 Å². The first-order valence-corrected chi connectivity index (χ1v) is 13.5. The van der Waals surface area contributed by atoms with Gasteiger partial charge in [0.25, 0.3) is 0 Å². The lowest BCUT2D eigenvalue weighted by molar-refractivity contribution is 0.399. The molecule has 3 aromatic rings. The van der Waals surface area contributed by atoms with Crippen molar-refractivity contribution < 1.29 is 0 Å². The molecule has 0 spiro atoms. The molecule has 0 unspecified atom stereocenters. The van der Waals surface area contributed by atoms with Crippen LogP contribution < -0.4 is 15.9 Å². The van der Waals surface area contributed by atoms with Crippen LogP contribution in [0, 0.1) is 5.92 Å². The van der Waals surface area contributed by atoms with Crippen molar-refractivity contribution in [3.63, 3.8) is 0 Å². The fourth-order valence-electron chi connectivity index (χ4n) is 5.09.